The highest BCUT2D eigenvalue weighted by Crippen LogP contribution is 2.48. The quantitative estimate of drug-likeness (QED) is 0.855. The van der Waals surface area contributed by atoms with Crippen LogP contribution in [0.25, 0.3) is 0 Å². The lowest BCUT2D eigenvalue weighted by atomic mass is 9.89. The molecule has 1 heterocycles. The lowest BCUT2D eigenvalue weighted by Gasteiger charge is -2.26. The minimum absolute atomic E-state index is 0.0349. The number of rotatable bonds is 4. The Balaban J connectivity index is 1.76. The van der Waals surface area contributed by atoms with Crippen LogP contribution in [0.2, 0.25) is 5.15 Å². The zero-order chi connectivity index (χ0) is 14.5. The van der Waals surface area contributed by atoms with Gasteiger partial charge in [0.1, 0.15) is 5.15 Å². The normalized spacial score (nSPS) is 29.5. The van der Waals surface area contributed by atoms with Gasteiger partial charge in [0, 0.05) is 20.6 Å². The summed E-state index contributed by atoms with van der Waals surface area (Å²) < 4.78 is 28.0. The average molecular weight is 318 g/mol. The number of halogens is 1. The van der Waals surface area contributed by atoms with Crippen LogP contribution in [0, 0.1) is 17.8 Å². The van der Waals surface area contributed by atoms with Crippen LogP contribution in [0.4, 0.5) is 0 Å². The van der Waals surface area contributed by atoms with Gasteiger partial charge < -0.3 is 4.57 Å². The van der Waals surface area contributed by atoms with Gasteiger partial charge in [-0.1, -0.05) is 18.0 Å². The highest BCUT2D eigenvalue weighted by atomic mass is 35.5. The molecule has 3 atom stereocenters. The van der Waals surface area contributed by atoms with Crippen molar-refractivity contribution in [2.24, 2.45) is 24.8 Å². The van der Waals surface area contributed by atoms with Crippen molar-refractivity contribution in [3.05, 3.63) is 11.5 Å². The van der Waals surface area contributed by atoms with Crippen LogP contribution in [0.15, 0.2) is 11.4 Å². The molecular formula is C13H20ClN3O2S. The Hall–Kier alpha value is -0.590. The van der Waals surface area contributed by atoms with Crippen LogP contribution in [-0.2, 0) is 17.1 Å². The van der Waals surface area contributed by atoms with Crippen molar-refractivity contribution in [1.29, 1.82) is 0 Å². The Morgan fingerprint density at radius 2 is 2.20 bits per heavy atom. The van der Waals surface area contributed by atoms with E-state index in [0.29, 0.717) is 18.4 Å². The maximum Gasteiger partial charge on any atom is 0.263 e. The Morgan fingerprint density at radius 1 is 1.45 bits per heavy atom. The zero-order valence-electron chi connectivity index (χ0n) is 11.8. The van der Waals surface area contributed by atoms with E-state index in [9.17, 15) is 8.42 Å². The fourth-order valence-electron chi connectivity index (χ4n) is 3.74. The number of fused-ring (bicyclic) bond motifs is 2. The van der Waals surface area contributed by atoms with Crippen LogP contribution in [0.5, 0.6) is 0 Å². The first-order valence-corrected chi connectivity index (χ1v) is 8.84. The molecule has 0 saturated heterocycles. The third-order valence-corrected chi connectivity index (χ3v) is 7.18. The second-order valence-electron chi connectivity index (χ2n) is 6.17. The standard InChI is InChI=1S/C13H20ClN3O2S/c1-16-8-15-13(12(16)14)20(18,19)17(2)7-11-6-9-3-4-10(11)5-9/h8-11H,3-7H2,1-2H3. The second kappa shape index (κ2) is 5.00. The van der Waals surface area contributed by atoms with Gasteiger partial charge in [0.05, 0.1) is 6.33 Å². The molecule has 5 nitrogen and oxygen atoms in total. The van der Waals surface area contributed by atoms with Crippen LogP contribution >= 0.6 is 11.6 Å². The van der Waals surface area contributed by atoms with E-state index in [0.717, 1.165) is 5.92 Å². The summed E-state index contributed by atoms with van der Waals surface area (Å²) in [6.07, 6.45) is 6.46. The SMILES string of the molecule is CN(CC1CC2CCC1C2)S(=O)(=O)c1ncn(C)c1Cl. The molecule has 0 radical (unpaired) electrons. The second-order valence-corrected chi connectivity index (χ2v) is 8.49. The maximum atomic E-state index is 12.5. The van der Waals surface area contributed by atoms with Gasteiger partial charge in [0.2, 0.25) is 5.03 Å². The molecule has 0 aliphatic heterocycles. The molecule has 112 valence electrons. The van der Waals surface area contributed by atoms with Crippen LogP contribution in [-0.4, -0.2) is 35.9 Å². The summed E-state index contributed by atoms with van der Waals surface area (Å²) in [6, 6.07) is 0. The first-order valence-electron chi connectivity index (χ1n) is 7.02. The predicted octanol–water partition coefficient (Wildman–Crippen LogP) is 2.13. The molecule has 20 heavy (non-hydrogen) atoms. The summed E-state index contributed by atoms with van der Waals surface area (Å²) in [5.74, 6) is 2.02. The van der Waals surface area contributed by atoms with Crippen LogP contribution in [0.1, 0.15) is 25.7 Å². The fourth-order valence-corrected chi connectivity index (χ4v) is 5.35. The summed E-state index contributed by atoms with van der Waals surface area (Å²) in [4.78, 5) is 3.93. The molecule has 0 aromatic carbocycles. The van der Waals surface area contributed by atoms with Gasteiger partial charge in [-0.25, -0.2) is 13.4 Å². The molecule has 0 spiro atoms. The van der Waals surface area contributed by atoms with Gasteiger partial charge in [-0.05, 0) is 37.0 Å². The van der Waals surface area contributed by atoms with Crippen LogP contribution < -0.4 is 0 Å². The van der Waals surface area contributed by atoms with E-state index in [1.165, 1.54) is 40.9 Å². The van der Waals surface area contributed by atoms with Crippen molar-refractivity contribution in [3.63, 3.8) is 0 Å². The topological polar surface area (TPSA) is 55.2 Å². The number of nitrogens with zero attached hydrogens (tertiary/aromatic N) is 3. The number of hydrogen-bond donors (Lipinski definition) is 0. The zero-order valence-corrected chi connectivity index (χ0v) is 13.4. The number of aryl methyl sites for hydroxylation is 1. The fraction of sp³-hybridized carbons (Fsp3) is 0.769. The Morgan fingerprint density at radius 3 is 2.70 bits per heavy atom. The van der Waals surface area contributed by atoms with E-state index in [4.69, 9.17) is 11.6 Å². The van der Waals surface area contributed by atoms with Crippen molar-refractivity contribution < 1.29 is 8.42 Å². The molecule has 3 rings (SSSR count). The molecule has 2 fully saturated rings. The number of hydrogen-bond acceptors (Lipinski definition) is 3. The van der Waals surface area contributed by atoms with Crippen LogP contribution in [0.3, 0.4) is 0 Å². The highest BCUT2D eigenvalue weighted by Gasteiger charge is 2.41. The van der Waals surface area contributed by atoms with E-state index in [1.54, 1.807) is 14.1 Å². The van der Waals surface area contributed by atoms with Crippen molar-refractivity contribution >= 4 is 21.6 Å². The minimum Gasteiger partial charge on any atom is -0.324 e. The molecule has 1 aromatic heterocycles. The molecule has 2 bridgehead atoms. The van der Waals surface area contributed by atoms with E-state index in [2.05, 4.69) is 4.98 Å². The summed E-state index contributed by atoms with van der Waals surface area (Å²) in [7, 11) is -0.268. The summed E-state index contributed by atoms with van der Waals surface area (Å²) in [5.41, 5.74) is 0. The summed E-state index contributed by atoms with van der Waals surface area (Å²) in [6.45, 7) is 0.580. The molecule has 2 saturated carbocycles. The molecule has 7 heteroatoms. The Labute approximate surface area is 125 Å². The van der Waals surface area contributed by atoms with Crippen molar-refractivity contribution in [2.75, 3.05) is 13.6 Å². The Kier molecular flexibility index (Phi) is 3.59. The Bertz CT molecular complexity index is 613. The predicted molar refractivity (Wildman–Crippen MR) is 77.0 cm³/mol. The molecule has 2 aliphatic rings. The van der Waals surface area contributed by atoms with Gasteiger partial charge in [-0.15, -0.1) is 0 Å². The molecule has 0 N–H and O–H groups in total. The molecule has 2 aliphatic carbocycles. The third-order valence-electron chi connectivity index (χ3n) is 4.87. The number of imidazole rings is 1. The van der Waals surface area contributed by atoms with Gasteiger partial charge in [-0.2, -0.15) is 4.31 Å². The maximum absolute atomic E-state index is 12.5. The van der Waals surface area contributed by atoms with Crippen molar-refractivity contribution in [3.8, 4) is 0 Å². The first-order chi connectivity index (χ1) is 9.39. The van der Waals surface area contributed by atoms with Gasteiger partial charge in [0.15, 0.2) is 0 Å². The van der Waals surface area contributed by atoms with Crippen molar-refractivity contribution in [2.45, 2.75) is 30.7 Å². The van der Waals surface area contributed by atoms with E-state index >= 15 is 0 Å². The lowest BCUT2D eigenvalue weighted by Crippen LogP contribution is -2.34. The summed E-state index contributed by atoms with van der Waals surface area (Å²) in [5, 5.41) is 0.136. The minimum atomic E-state index is -3.58. The smallest absolute Gasteiger partial charge is 0.263 e. The van der Waals surface area contributed by atoms with E-state index < -0.39 is 10.0 Å². The molecule has 1 aromatic rings. The molecule has 3 unspecified atom stereocenters. The van der Waals surface area contributed by atoms with Crippen molar-refractivity contribution in [1.82, 2.24) is 13.9 Å². The lowest BCUT2D eigenvalue weighted by molar-refractivity contribution is 0.280. The molecule has 0 amide bonds. The number of aromatic nitrogens is 2. The largest absolute Gasteiger partial charge is 0.324 e. The van der Waals surface area contributed by atoms with Gasteiger partial charge in [0.25, 0.3) is 10.0 Å². The average Bonchev–Trinajstić information content (AvgIpc) is 3.07. The summed E-state index contributed by atoms with van der Waals surface area (Å²) >= 11 is 6.01. The monoisotopic (exact) mass is 317 g/mol. The van der Waals surface area contributed by atoms with E-state index in [-0.39, 0.29) is 10.2 Å². The van der Waals surface area contributed by atoms with E-state index in [1.807, 2.05) is 0 Å². The molecular weight excluding hydrogens is 298 g/mol. The van der Waals surface area contributed by atoms with Gasteiger partial charge >= 0.3 is 0 Å². The first kappa shape index (κ1) is 14.4. The third kappa shape index (κ3) is 2.27. The number of sulfonamides is 1. The highest BCUT2D eigenvalue weighted by molar-refractivity contribution is 7.89. The van der Waals surface area contributed by atoms with Gasteiger partial charge in [-0.3, -0.25) is 0 Å².